The van der Waals surface area contributed by atoms with Crippen LogP contribution in [0.15, 0.2) is 47.5 Å². The van der Waals surface area contributed by atoms with E-state index in [9.17, 15) is 14.0 Å². The fourth-order valence-corrected chi connectivity index (χ4v) is 9.56. The predicted octanol–water partition coefficient (Wildman–Crippen LogP) is -6.36. The lowest BCUT2D eigenvalue weighted by atomic mass is 8.96. The smallest absolute Gasteiger partial charge is 0.274 e. The van der Waals surface area contributed by atoms with Crippen molar-refractivity contribution >= 4 is 97.9 Å². The Kier molecular flexibility index (Phi) is 8.12. The fourth-order valence-electron chi connectivity index (χ4n) is 9.56. The predicted molar refractivity (Wildman–Crippen MR) is 226 cm³/mol. The van der Waals surface area contributed by atoms with Crippen LogP contribution in [0.4, 0.5) is 4.39 Å². The Hall–Kier alpha value is -3.17. The largest absolute Gasteiger partial charge is 0.339 e. The lowest BCUT2D eigenvalue weighted by molar-refractivity contribution is 0.0142. The number of nitrogens with one attached hydrogen (secondary N) is 1. The molecule has 0 radical (unpaired) electrons. The number of likely N-dealkylation sites (tertiary alicyclic amines) is 1. The standard InChI is InChI=1S/C29H42B11FN6O2/c1-12-20(43-8-7-42-12)21-19(23(49)46-11-15(10-41)13(46)2)22-44-17(9-18(48)47(22)45-21)14-3-5-16(6-4-14)24(30)25(31,32)27(35,36)29(39,40)28(37,38)26(24,33)34/h3-9,13,15,44H,10-11,30-40H2,1-2H3/t13-,15-/m0/s1. The van der Waals surface area contributed by atoms with E-state index in [1.54, 1.807) is 24.2 Å². The van der Waals surface area contributed by atoms with Gasteiger partial charge in [-0.05, 0) is 19.4 Å². The minimum absolute atomic E-state index is 0.00890. The summed E-state index contributed by atoms with van der Waals surface area (Å²) < 4.78 is 14.8. The van der Waals surface area contributed by atoms with E-state index in [4.69, 9.17) is 0 Å². The molecule has 1 amide bonds. The quantitative estimate of drug-likeness (QED) is 0.218. The number of amides is 1. The third kappa shape index (κ3) is 4.46. The van der Waals surface area contributed by atoms with Gasteiger partial charge in [-0.3, -0.25) is 23.9 Å². The zero-order valence-electron chi connectivity index (χ0n) is 31.5. The number of hydrogen-bond donors (Lipinski definition) is 1. The number of aromatic amines is 1. The second-order valence-corrected chi connectivity index (χ2v) is 17.4. The number of benzene rings is 1. The Morgan fingerprint density at radius 3 is 1.96 bits per heavy atom. The van der Waals surface area contributed by atoms with Crippen molar-refractivity contribution in [1.82, 2.24) is 29.5 Å². The fraction of sp³-hybridized carbons (Fsp3) is 0.414. The monoisotopic (exact) mass is 646 g/mol. The molecule has 6 rings (SSSR count). The Labute approximate surface area is 298 Å². The molecule has 1 saturated carbocycles. The van der Waals surface area contributed by atoms with Gasteiger partial charge in [-0.1, -0.05) is 45.6 Å². The number of nitrogens with zero attached hydrogens (tertiary/aromatic N) is 5. The molecule has 240 valence electrons. The third-order valence-electron chi connectivity index (χ3n) is 15.5. The number of aryl methyl sites for hydroxylation is 1. The van der Waals surface area contributed by atoms with Gasteiger partial charge in [0, 0.05) is 37.0 Å². The maximum atomic E-state index is 14.1. The molecule has 0 unspecified atom stereocenters. The van der Waals surface area contributed by atoms with E-state index in [1.807, 2.05) is 6.92 Å². The Morgan fingerprint density at radius 1 is 0.878 bits per heavy atom. The van der Waals surface area contributed by atoms with Crippen LogP contribution >= 0.6 is 0 Å². The normalized spacial score (nSPS) is 24.2. The molecule has 4 aromatic rings. The SMILES string of the molecule is BC1(B)C(B)(B)C(B)(B)C(B)(c2ccc(-c3cc(=O)n4nc(-c5nccnc5C)c(C(=O)N5C[C@H](CF)[C@@H]5C)c4[nH]3)cc2)C(B)(B)C1(B)B. The number of halogens is 1. The first-order valence-corrected chi connectivity index (χ1v) is 17.5. The van der Waals surface area contributed by atoms with Crippen molar-refractivity contribution < 1.29 is 9.18 Å². The van der Waals surface area contributed by atoms with Crippen molar-refractivity contribution in [3.8, 4) is 22.6 Å². The van der Waals surface area contributed by atoms with Gasteiger partial charge in [0.15, 0.2) is 5.65 Å². The number of rotatable bonds is 5. The van der Waals surface area contributed by atoms with Crippen LogP contribution in [0.1, 0.15) is 28.5 Å². The first-order chi connectivity index (χ1) is 22.6. The summed E-state index contributed by atoms with van der Waals surface area (Å²) >= 11 is 0. The second-order valence-electron chi connectivity index (χ2n) is 17.4. The number of aromatic nitrogens is 5. The number of hydrogen-bond acceptors (Lipinski definition) is 5. The first-order valence-electron chi connectivity index (χ1n) is 17.5. The highest BCUT2D eigenvalue weighted by Crippen LogP contribution is 2.83. The molecule has 8 nitrogen and oxygen atoms in total. The van der Waals surface area contributed by atoms with Crippen LogP contribution in [-0.4, -0.2) is 141 Å². The van der Waals surface area contributed by atoms with Crippen LogP contribution in [0.25, 0.3) is 28.3 Å². The molecule has 0 bridgehead atoms. The molecule has 20 heteroatoms. The third-order valence-corrected chi connectivity index (χ3v) is 15.5. The van der Waals surface area contributed by atoms with Gasteiger partial charge < -0.3 is 9.88 Å². The highest BCUT2D eigenvalue weighted by molar-refractivity contribution is 6.72. The minimum atomic E-state index is -0.493. The van der Waals surface area contributed by atoms with Crippen LogP contribution in [0.3, 0.4) is 0 Å². The van der Waals surface area contributed by atoms with Gasteiger partial charge in [0.2, 0.25) is 0 Å². The lowest BCUT2D eigenvalue weighted by Crippen LogP contribution is -2.70. The van der Waals surface area contributed by atoms with Crippen molar-refractivity contribution in [3.05, 3.63) is 69.9 Å². The maximum absolute atomic E-state index is 14.1. The summed E-state index contributed by atoms with van der Waals surface area (Å²) in [6.45, 7) is 3.44. The molecule has 1 N–H and O–H groups in total. The van der Waals surface area contributed by atoms with Crippen molar-refractivity contribution in [2.24, 2.45) is 5.92 Å². The number of H-pyrrole nitrogens is 1. The maximum Gasteiger partial charge on any atom is 0.274 e. The molecule has 2 aliphatic rings. The summed E-state index contributed by atoms with van der Waals surface area (Å²) in [6.07, 6.45) is 3.12. The highest BCUT2D eigenvalue weighted by atomic mass is 19.1. The van der Waals surface area contributed by atoms with Gasteiger partial charge in [-0.15, -0.1) is 15.6 Å². The summed E-state index contributed by atoms with van der Waals surface area (Å²) in [7, 11) is 26.7. The molecule has 1 saturated heterocycles. The Bertz CT molecular complexity index is 2020. The van der Waals surface area contributed by atoms with E-state index < -0.39 is 6.67 Å². The number of carbonyl (C=O) groups excluding carboxylic acids is 1. The number of fused-ring (bicyclic) bond motifs is 1. The molecule has 1 aromatic carbocycles. The second kappa shape index (κ2) is 11.2. The summed E-state index contributed by atoms with van der Waals surface area (Å²) in [5.74, 6) is -0.540. The topological polar surface area (TPSA) is 96.2 Å². The minimum Gasteiger partial charge on any atom is -0.339 e. The molecular weight excluding hydrogens is 602 g/mol. The lowest BCUT2D eigenvalue weighted by Gasteiger charge is -2.80. The Balaban J connectivity index is 1.50. The summed E-state index contributed by atoms with van der Waals surface area (Å²) in [4.78, 5) is 41.7. The molecular formula is C29H42B11FN6O2. The van der Waals surface area contributed by atoms with Gasteiger partial charge in [0.1, 0.15) is 24.8 Å². The van der Waals surface area contributed by atoms with Crippen molar-refractivity contribution in [2.75, 3.05) is 13.2 Å². The molecule has 2 atom stereocenters. The van der Waals surface area contributed by atoms with Crippen molar-refractivity contribution in [3.63, 3.8) is 0 Å². The van der Waals surface area contributed by atoms with Crippen molar-refractivity contribution in [2.45, 2.75) is 51.3 Å². The van der Waals surface area contributed by atoms with E-state index in [-0.39, 0.29) is 71.7 Å². The van der Waals surface area contributed by atoms with Crippen molar-refractivity contribution in [1.29, 1.82) is 0 Å². The zero-order valence-corrected chi connectivity index (χ0v) is 31.5. The molecule has 1 aliphatic heterocycles. The van der Waals surface area contributed by atoms with E-state index in [0.717, 1.165) is 5.56 Å². The van der Waals surface area contributed by atoms with E-state index in [1.165, 1.54) is 16.1 Å². The average molecular weight is 645 g/mol. The van der Waals surface area contributed by atoms with Gasteiger partial charge in [-0.25, -0.2) is 0 Å². The van der Waals surface area contributed by atoms with Crippen LogP contribution in [0.5, 0.6) is 0 Å². The Morgan fingerprint density at radius 2 is 1.43 bits per heavy atom. The first kappa shape index (κ1) is 35.7. The van der Waals surface area contributed by atoms with Crippen LogP contribution < -0.4 is 5.56 Å². The molecule has 3 aromatic heterocycles. The van der Waals surface area contributed by atoms with Gasteiger partial charge in [0.25, 0.3) is 11.5 Å². The van der Waals surface area contributed by atoms with E-state index >= 15 is 0 Å². The molecule has 0 spiro atoms. The number of carbonyl (C=O) groups is 1. The van der Waals surface area contributed by atoms with Crippen LogP contribution in [-0.2, 0) is 5.31 Å². The highest BCUT2D eigenvalue weighted by Gasteiger charge is 2.71. The van der Waals surface area contributed by atoms with Gasteiger partial charge in [-0.2, -0.15) is 9.61 Å². The summed E-state index contributed by atoms with van der Waals surface area (Å²) in [6, 6.07) is 9.81. The summed E-state index contributed by atoms with van der Waals surface area (Å²) in [5, 5.41) is 4.25. The summed E-state index contributed by atoms with van der Waals surface area (Å²) in [5.41, 5.74) is 4.06. The van der Waals surface area contributed by atoms with Gasteiger partial charge >= 0.3 is 0 Å². The number of alkyl halides is 1. The molecule has 49 heavy (non-hydrogen) atoms. The van der Waals surface area contributed by atoms with Gasteiger partial charge in [0.05, 0.1) is 96.5 Å². The van der Waals surface area contributed by atoms with Crippen LogP contribution in [0, 0.1) is 12.8 Å². The molecule has 2 fully saturated rings. The van der Waals surface area contributed by atoms with Crippen LogP contribution in [0.2, 0.25) is 26.1 Å². The average Bonchev–Trinajstić information content (AvgIpc) is 3.43. The molecule has 4 heterocycles. The zero-order chi connectivity index (χ0) is 36.3. The molecule has 1 aliphatic carbocycles. The van der Waals surface area contributed by atoms with E-state index in [2.05, 4.69) is 131 Å². The van der Waals surface area contributed by atoms with E-state index in [0.29, 0.717) is 23.6 Å².